The summed E-state index contributed by atoms with van der Waals surface area (Å²) in [4.78, 5) is 20.8. The van der Waals surface area contributed by atoms with Crippen molar-refractivity contribution in [1.82, 2.24) is 14.8 Å². The molecule has 4 rings (SSSR count). The van der Waals surface area contributed by atoms with Crippen LogP contribution in [0.2, 0.25) is 0 Å². The van der Waals surface area contributed by atoms with Crippen LogP contribution in [0.3, 0.4) is 0 Å². The molecule has 0 aliphatic carbocycles. The van der Waals surface area contributed by atoms with Crippen molar-refractivity contribution >= 4 is 6.03 Å². The molecule has 0 N–H and O–H groups in total. The van der Waals surface area contributed by atoms with Crippen molar-refractivity contribution in [3.8, 4) is 11.8 Å². The Bertz CT molecular complexity index is 835. The standard InChI is InChI=1S/C20H19N3O/c1-22-10-9-18-12-19-17(14-23(18)20(22)24)11-16(13-21-19)8-7-15-5-3-2-4-6-15/h2-6,11,13,18H,9-10,12,14H2,1H3. The predicted octanol–water partition coefficient (Wildman–Crippen LogP) is 2.66. The Labute approximate surface area is 142 Å². The van der Waals surface area contributed by atoms with Gasteiger partial charge in [-0.15, -0.1) is 0 Å². The van der Waals surface area contributed by atoms with Gasteiger partial charge in [-0.2, -0.15) is 0 Å². The summed E-state index contributed by atoms with van der Waals surface area (Å²) < 4.78 is 0. The van der Waals surface area contributed by atoms with Gasteiger partial charge in [0.05, 0.1) is 0 Å². The molecule has 2 aromatic rings. The average molecular weight is 317 g/mol. The molecule has 1 unspecified atom stereocenters. The Kier molecular flexibility index (Phi) is 3.70. The lowest BCUT2D eigenvalue weighted by Crippen LogP contribution is -2.55. The molecule has 0 bridgehead atoms. The minimum Gasteiger partial charge on any atom is -0.328 e. The van der Waals surface area contributed by atoms with E-state index >= 15 is 0 Å². The molecule has 1 aromatic heterocycles. The summed E-state index contributed by atoms with van der Waals surface area (Å²) in [5, 5.41) is 0. The number of carbonyl (C=O) groups excluding carboxylic acids is 1. The van der Waals surface area contributed by atoms with Crippen LogP contribution in [0.15, 0.2) is 42.6 Å². The number of urea groups is 1. The lowest BCUT2D eigenvalue weighted by Gasteiger charge is -2.43. The second-order valence-electron chi connectivity index (χ2n) is 6.42. The van der Waals surface area contributed by atoms with Gasteiger partial charge >= 0.3 is 6.03 Å². The van der Waals surface area contributed by atoms with Crippen LogP contribution < -0.4 is 0 Å². The van der Waals surface area contributed by atoms with Crippen molar-refractivity contribution in [2.45, 2.75) is 25.4 Å². The Balaban J connectivity index is 1.60. The minimum absolute atomic E-state index is 0.123. The SMILES string of the molecule is CN1CCC2Cc3ncc(C#Cc4ccccc4)cc3CN2C1=O. The van der Waals surface area contributed by atoms with E-state index in [1.54, 1.807) is 4.90 Å². The quantitative estimate of drug-likeness (QED) is 0.701. The third-order valence-electron chi connectivity index (χ3n) is 4.77. The Hall–Kier alpha value is -2.80. The molecule has 0 saturated carbocycles. The van der Waals surface area contributed by atoms with E-state index in [0.717, 1.165) is 41.8 Å². The van der Waals surface area contributed by atoms with Crippen molar-refractivity contribution in [1.29, 1.82) is 0 Å². The summed E-state index contributed by atoms with van der Waals surface area (Å²) >= 11 is 0. The highest BCUT2D eigenvalue weighted by molar-refractivity contribution is 5.75. The summed E-state index contributed by atoms with van der Waals surface area (Å²) in [7, 11) is 1.87. The molecule has 2 aliphatic heterocycles. The first-order chi connectivity index (χ1) is 11.7. The lowest BCUT2D eigenvalue weighted by molar-refractivity contribution is 0.0975. The van der Waals surface area contributed by atoms with Crippen LogP contribution >= 0.6 is 0 Å². The number of amides is 2. The van der Waals surface area contributed by atoms with Gasteiger partial charge in [-0.05, 0) is 30.2 Å². The van der Waals surface area contributed by atoms with Gasteiger partial charge in [-0.1, -0.05) is 30.0 Å². The molecule has 0 spiro atoms. The molecule has 120 valence electrons. The van der Waals surface area contributed by atoms with Crippen molar-refractivity contribution in [3.05, 3.63) is 65.0 Å². The summed E-state index contributed by atoms with van der Waals surface area (Å²) in [5.74, 6) is 6.34. The molecule has 1 saturated heterocycles. The zero-order chi connectivity index (χ0) is 16.5. The fraction of sp³-hybridized carbons (Fsp3) is 0.300. The van der Waals surface area contributed by atoms with Crippen molar-refractivity contribution in [2.24, 2.45) is 0 Å². The monoisotopic (exact) mass is 317 g/mol. The molecule has 0 radical (unpaired) electrons. The molecule has 2 amide bonds. The van der Waals surface area contributed by atoms with Gasteiger partial charge in [0.1, 0.15) is 0 Å². The van der Waals surface area contributed by atoms with Gasteiger partial charge < -0.3 is 9.80 Å². The zero-order valence-electron chi connectivity index (χ0n) is 13.7. The number of hydrogen-bond acceptors (Lipinski definition) is 2. The Morgan fingerprint density at radius 3 is 2.79 bits per heavy atom. The van der Waals surface area contributed by atoms with Crippen LogP contribution in [0.1, 0.15) is 28.8 Å². The normalized spacial score (nSPS) is 19.2. The molecule has 2 aliphatic rings. The van der Waals surface area contributed by atoms with Gasteiger partial charge in [0, 0.05) is 55.6 Å². The Morgan fingerprint density at radius 1 is 1.17 bits per heavy atom. The average Bonchev–Trinajstić information content (AvgIpc) is 2.63. The van der Waals surface area contributed by atoms with Gasteiger partial charge in [-0.25, -0.2) is 4.79 Å². The number of pyridine rings is 1. The van der Waals surface area contributed by atoms with E-state index in [4.69, 9.17) is 0 Å². The van der Waals surface area contributed by atoms with Gasteiger partial charge in [0.25, 0.3) is 0 Å². The van der Waals surface area contributed by atoms with Crippen LogP contribution in [0.4, 0.5) is 4.79 Å². The van der Waals surface area contributed by atoms with Crippen LogP contribution in [0.5, 0.6) is 0 Å². The predicted molar refractivity (Wildman–Crippen MR) is 92.3 cm³/mol. The molecule has 4 nitrogen and oxygen atoms in total. The number of fused-ring (bicyclic) bond motifs is 2. The first-order valence-corrected chi connectivity index (χ1v) is 8.27. The molecule has 1 aromatic carbocycles. The molecule has 3 heterocycles. The maximum absolute atomic E-state index is 12.4. The fourth-order valence-corrected chi connectivity index (χ4v) is 3.38. The van der Waals surface area contributed by atoms with Gasteiger partial charge in [-0.3, -0.25) is 4.98 Å². The minimum atomic E-state index is 0.123. The smallest absolute Gasteiger partial charge is 0.320 e. The molecule has 1 atom stereocenters. The fourth-order valence-electron chi connectivity index (χ4n) is 3.38. The lowest BCUT2D eigenvalue weighted by atomic mass is 9.94. The first kappa shape index (κ1) is 14.8. The second kappa shape index (κ2) is 6.01. The second-order valence-corrected chi connectivity index (χ2v) is 6.42. The van der Waals surface area contributed by atoms with Crippen LogP contribution in [-0.2, 0) is 13.0 Å². The zero-order valence-corrected chi connectivity index (χ0v) is 13.7. The van der Waals surface area contributed by atoms with E-state index in [1.165, 1.54) is 0 Å². The molecule has 24 heavy (non-hydrogen) atoms. The molecular formula is C20H19N3O. The van der Waals surface area contributed by atoms with Crippen molar-refractivity contribution in [2.75, 3.05) is 13.6 Å². The molecule has 1 fully saturated rings. The Morgan fingerprint density at radius 2 is 1.96 bits per heavy atom. The van der Waals surface area contributed by atoms with Crippen LogP contribution in [0, 0.1) is 11.8 Å². The van der Waals surface area contributed by atoms with E-state index in [0.29, 0.717) is 6.54 Å². The number of aromatic nitrogens is 1. The van der Waals surface area contributed by atoms with Gasteiger partial charge in [0.2, 0.25) is 0 Å². The van der Waals surface area contributed by atoms with E-state index in [9.17, 15) is 4.79 Å². The largest absolute Gasteiger partial charge is 0.328 e. The van der Waals surface area contributed by atoms with E-state index < -0.39 is 0 Å². The van der Waals surface area contributed by atoms with Crippen molar-refractivity contribution < 1.29 is 4.79 Å². The van der Waals surface area contributed by atoms with E-state index in [-0.39, 0.29) is 12.1 Å². The van der Waals surface area contributed by atoms with E-state index in [2.05, 4.69) is 22.9 Å². The highest BCUT2D eigenvalue weighted by atomic mass is 16.2. The highest BCUT2D eigenvalue weighted by Crippen LogP contribution is 2.28. The first-order valence-electron chi connectivity index (χ1n) is 8.27. The van der Waals surface area contributed by atoms with Crippen molar-refractivity contribution in [3.63, 3.8) is 0 Å². The number of hydrogen-bond donors (Lipinski definition) is 0. The summed E-state index contributed by atoms with van der Waals surface area (Å²) in [6.45, 7) is 1.47. The summed E-state index contributed by atoms with van der Waals surface area (Å²) in [6, 6.07) is 12.4. The molecular weight excluding hydrogens is 298 g/mol. The van der Waals surface area contributed by atoms with Crippen LogP contribution in [-0.4, -0.2) is 40.4 Å². The third kappa shape index (κ3) is 2.74. The summed E-state index contributed by atoms with van der Waals surface area (Å²) in [6.07, 6.45) is 3.71. The highest BCUT2D eigenvalue weighted by Gasteiger charge is 2.35. The van der Waals surface area contributed by atoms with E-state index in [1.807, 2.05) is 48.5 Å². The van der Waals surface area contributed by atoms with Gasteiger partial charge in [0.15, 0.2) is 0 Å². The molecule has 4 heteroatoms. The topological polar surface area (TPSA) is 36.4 Å². The maximum Gasteiger partial charge on any atom is 0.320 e. The number of carbonyl (C=O) groups is 1. The number of rotatable bonds is 0. The maximum atomic E-state index is 12.4. The number of nitrogens with zero attached hydrogens (tertiary/aromatic N) is 3. The van der Waals surface area contributed by atoms with Crippen LogP contribution in [0.25, 0.3) is 0 Å². The summed E-state index contributed by atoms with van der Waals surface area (Å²) in [5.41, 5.74) is 4.12. The third-order valence-corrected chi connectivity index (χ3v) is 4.77. The number of benzene rings is 1.